The van der Waals surface area contributed by atoms with Crippen LogP contribution in [0.5, 0.6) is 0 Å². The van der Waals surface area contributed by atoms with Crippen molar-refractivity contribution in [1.82, 2.24) is 0 Å². The van der Waals surface area contributed by atoms with Crippen LogP contribution in [0, 0.1) is 0 Å². The lowest BCUT2D eigenvalue weighted by molar-refractivity contribution is 0.242. The van der Waals surface area contributed by atoms with Crippen LogP contribution in [-0.4, -0.2) is 95.0 Å². The molecule has 0 saturated carbocycles. The van der Waals surface area contributed by atoms with Gasteiger partial charge in [0.15, 0.2) is 16.6 Å². The van der Waals surface area contributed by atoms with Crippen molar-refractivity contribution in [2.45, 2.75) is 72.8 Å². The number of hydrogen-bond donors (Lipinski definition) is 0. The predicted molar refractivity (Wildman–Crippen MR) is 224 cm³/mol. The maximum Gasteiger partial charge on any atom is 0.697 e. The Balaban J connectivity index is -0.000000187. The zero-order valence-electron chi connectivity index (χ0n) is 35.7. The average molecular weight is 965 g/mol. The van der Waals surface area contributed by atoms with Crippen molar-refractivity contribution in [3.63, 3.8) is 0 Å². The van der Waals surface area contributed by atoms with Gasteiger partial charge in [0, 0.05) is 39.6 Å². The largest absolute Gasteiger partial charge is 0.697 e. The lowest BCUT2D eigenvalue weighted by Gasteiger charge is -2.28. The Kier molecular flexibility index (Phi) is 42.2. The first kappa shape index (κ1) is 64.4. The zero-order valence-corrected chi connectivity index (χ0v) is 44.1. The van der Waals surface area contributed by atoms with Gasteiger partial charge >= 0.3 is 48.4 Å². The van der Waals surface area contributed by atoms with E-state index in [0.717, 1.165) is 0 Å². The van der Waals surface area contributed by atoms with E-state index in [-0.39, 0.29) is 0 Å². The third-order valence-electron chi connectivity index (χ3n) is 4.11. The van der Waals surface area contributed by atoms with Crippen molar-refractivity contribution in [2.24, 2.45) is 0 Å². The summed E-state index contributed by atoms with van der Waals surface area (Å²) in [7, 11) is -8.38. The van der Waals surface area contributed by atoms with Gasteiger partial charge in [0.25, 0.3) is 8.32 Å². The van der Waals surface area contributed by atoms with Crippen LogP contribution >= 0.6 is 48.4 Å². The van der Waals surface area contributed by atoms with Crippen molar-refractivity contribution in [1.29, 1.82) is 0 Å². The van der Waals surface area contributed by atoms with Crippen molar-refractivity contribution < 1.29 is 85.3 Å². The van der Waals surface area contributed by atoms with E-state index in [1.807, 2.05) is 65.0 Å². The summed E-state index contributed by atoms with van der Waals surface area (Å²) in [4.78, 5) is 0. The van der Waals surface area contributed by atoms with Crippen LogP contribution in [0.3, 0.4) is 0 Å². The van der Waals surface area contributed by atoms with E-state index in [9.17, 15) is 27.4 Å². The molecule has 1 aromatic carbocycles. The molecule has 55 heavy (non-hydrogen) atoms. The van der Waals surface area contributed by atoms with Crippen molar-refractivity contribution in [3.05, 3.63) is 30.3 Å². The molecular weight excluding hydrogens is 898 g/mol. The van der Waals surface area contributed by atoms with Gasteiger partial charge in [-0.15, -0.1) is 31.7 Å². The number of hydrogen-bond acceptors (Lipinski definition) is 19. The molecule has 0 radical (unpaired) electrons. The summed E-state index contributed by atoms with van der Waals surface area (Å²) in [6.45, 7) is 22.0. The molecule has 1 unspecified atom stereocenters. The van der Waals surface area contributed by atoms with E-state index in [0.29, 0.717) is 18.5 Å². The second kappa shape index (κ2) is 36.1. The van der Waals surface area contributed by atoms with Crippen molar-refractivity contribution in [3.8, 4) is 0 Å². The minimum Gasteiger partial charge on any atom is -0.331 e. The lowest BCUT2D eigenvalue weighted by atomic mass is 10.4. The average Bonchev–Trinajstić information content (AvgIpc) is 3.10. The maximum atomic E-state index is 12.0. The van der Waals surface area contributed by atoms with E-state index < -0.39 is 73.4 Å². The summed E-state index contributed by atoms with van der Waals surface area (Å²) in [5.74, 6) is 0. The number of benzene rings is 1. The van der Waals surface area contributed by atoms with Gasteiger partial charge in [0.2, 0.25) is 0 Å². The van der Waals surface area contributed by atoms with Crippen LogP contribution in [0.25, 0.3) is 0 Å². The molecule has 28 heteroatoms. The van der Waals surface area contributed by atoms with Gasteiger partial charge in [-0.25, -0.2) is 4.57 Å². The van der Waals surface area contributed by atoms with Gasteiger partial charge in [0.1, 0.15) is 13.2 Å². The number of phosphoric acid groups is 1. The molecule has 1 atom stereocenters. The highest BCUT2D eigenvalue weighted by atomic mass is 31.2. The first-order valence-corrected chi connectivity index (χ1v) is 33.6. The molecule has 0 aliphatic carbocycles. The topological polar surface area (TPSA) is 222 Å². The summed E-state index contributed by atoms with van der Waals surface area (Å²) in [6.07, 6.45) is 0. The highest BCUT2D eigenvalue weighted by Crippen LogP contribution is 2.53. The molecule has 0 aliphatic rings. The summed E-state index contributed by atoms with van der Waals surface area (Å²) >= 11 is 0. The molecular formula is C27H66O19P6Si3+4. The highest BCUT2D eigenvalue weighted by molar-refractivity contribution is 7.62. The lowest BCUT2D eigenvalue weighted by Crippen LogP contribution is -2.30. The Hall–Kier alpha value is 0.211. The summed E-state index contributed by atoms with van der Waals surface area (Å²) in [6, 6.07) is 8.86. The van der Waals surface area contributed by atoms with Crippen LogP contribution in [0.2, 0.25) is 58.9 Å². The molecule has 1 aromatic rings. The second-order valence-corrected chi connectivity index (χ2v) is 34.6. The van der Waals surface area contributed by atoms with Gasteiger partial charge < -0.3 is 17.5 Å². The minimum atomic E-state index is -3.32. The molecule has 0 N–H and O–H groups in total. The summed E-state index contributed by atoms with van der Waals surface area (Å²) < 4.78 is 125. The molecule has 0 spiro atoms. The van der Waals surface area contributed by atoms with Gasteiger partial charge in [-0.2, -0.15) is 4.21 Å². The zero-order chi connectivity index (χ0) is 44.5. The van der Waals surface area contributed by atoms with Gasteiger partial charge in [0.05, 0.1) is 40.9 Å². The Morgan fingerprint density at radius 1 is 0.491 bits per heavy atom. The smallest absolute Gasteiger partial charge is 0.331 e. The van der Waals surface area contributed by atoms with Crippen LogP contribution in [0.4, 0.5) is 0 Å². The van der Waals surface area contributed by atoms with Crippen LogP contribution < -0.4 is 5.30 Å². The summed E-state index contributed by atoms with van der Waals surface area (Å²) in [5, 5.41) is 0.579. The minimum absolute atomic E-state index is 0.440. The first-order chi connectivity index (χ1) is 25.1. The van der Waals surface area contributed by atoms with Crippen LogP contribution in [0.15, 0.2) is 30.3 Å². The van der Waals surface area contributed by atoms with Crippen molar-refractivity contribution in [2.75, 3.05) is 70.1 Å². The van der Waals surface area contributed by atoms with E-state index in [1.165, 1.54) is 56.9 Å². The maximum absolute atomic E-state index is 12.0. The Bertz CT molecular complexity index is 1200. The summed E-state index contributed by atoms with van der Waals surface area (Å²) in [5.41, 5.74) is 0. The van der Waals surface area contributed by atoms with Crippen LogP contribution in [-0.2, 0) is 85.3 Å². The van der Waals surface area contributed by atoms with E-state index >= 15 is 0 Å². The molecule has 0 aliphatic heterocycles. The third-order valence-corrected chi connectivity index (χ3v) is 17.8. The molecule has 0 aromatic heterocycles. The monoisotopic (exact) mass is 964 g/mol. The molecule has 0 saturated heterocycles. The van der Waals surface area contributed by atoms with Gasteiger partial charge in [-0.05, 0) is 84.9 Å². The first-order valence-electron chi connectivity index (χ1n) is 16.0. The van der Waals surface area contributed by atoms with E-state index in [4.69, 9.17) is 26.2 Å². The molecule has 1 rings (SSSR count). The van der Waals surface area contributed by atoms with Crippen LogP contribution in [0.1, 0.15) is 13.8 Å². The fourth-order valence-electron chi connectivity index (χ4n) is 2.32. The third kappa shape index (κ3) is 46.8. The molecule has 0 amide bonds. The van der Waals surface area contributed by atoms with E-state index in [1.54, 1.807) is 38.1 Å². The Morgan fingerprint density at radius 2 is 0.818 bits per heavy atom. The van der Waals surface area contributed by atoms with E-state index in [2.05, 4.69) is 31.7 Å². The fourth-order valence-corrected chi connectivity index (χ4v) is 12.8. The second-order valence-electron chi connectivity index (χ2n) is 12.1. The van der Waals surface area contributed by atoms with Gasteiger partial charge in [-0.1, -0.05) is 18.2 Å². The molecule has 326 valence electrons. The quantitative estimate of drug-likeness (QED) is 0.0928. The molecule has 0 heterocycles. The SMILES string of the molecule is CCO[P+](=O)OCC.COP(=O)(OC)c1ccccc1.COP(=O)(O[Si](C)(C)C)O[Si](C)(C)C.CO[P+](=O)OC.CO[P+](=O)OC.CO[P+](=O)O[Si](C)(C)C. The fraction of sp³-hybridized carbons (Fsp3) is 0.778. The Labute approximate surface area is 336 Å². The standard InChI is InChI=1S/C8H11O3P.C7H21O4PSi2.C4H12O3PSi.C4H10O3P.2C2H6O3P/c1-10-12(9,11-2)8-6-4-3-5-7-8;1-9-12(8,10-13(2,3)4)11-14(5,6)7;1-6-8(5)7-9(2,3)4;1-3-6-8(5)7-4-2;2*1-4-6(3)5-2/h3-7H,1-2H3;1-7H3;1-4H3;3-4H2,1-2H3;2*1-2H3/q;;4*+1. The van der Waals surface area contributed by atoms with Gasteiger partial charge in [-0.3, -0.25) is 9.09 Å². The highest BCUT2D eigenvalue weighted by Gasteiger charge is 2.37. The normalized spacial score (nSPS) is 11.6. The van der Waals surface area contributed by atoms with Crippen molar-refractivity contribution >= 4 is 78.7 Å². The molecule has 0 bridgehead atoms. The predicted octanol–water partition coefficient (Wildman–Crippen LogP) is 11.0. The molecule has 19 nitrogen and oxygen atoms in total. The number of rotatable bonds is 19. The molecule has 0 fully saturated rings. The Morgan fingerprint density at radius 3 is 1.00 bits per heavy atom.